The van der Waals surface area contributed by atoms with Crippen LogP contribution in [-0.4, -0.2) is 94.1 Å². The molecule has 15 heteroatoms. The van der Waals surface area contributed by atoms with E-state index in [0.29, 0.717) is 6.04 Å². The lowest BCUT2D eigenvalue weighted by atomic mass is 9.98. The van der Waals surface area contributed by atoms with Crippen molar-refractivity contribution in [2.75, 3.05) is 20.6 Å². The monoisotopic (exact) mass is 517 g/mol. The van der Waals surface area contributed by atoms with E-state index in [1.165, 1.54) is 0 Å². The van der Waals surface area contributed by atoms with Crippen molar-refractivity contribution in [2.24, 2.45) is 0 Å². The molecule has 1 amide bonds. The van der Waals surface area contributed by atoms with Gasteiger partial charge in [-0.3, -0.25) is 14.7 Å². The Bertz CT molecular complexity index is 826. The largest absolute Gasteiger partial charge is 0.490 e. The van der Waals surface area contributed by atoms with Crippen LogP contribution in [0.4, 0.5) is 26.3 Å². The Hall–Kier alpha value is -2.94. The molecule has 3 rings (SSSR count). The number of rotatable bonds is 3. The standard InChI is InChI=1S/C16H23N3O2.2C2HF3O2/c1-18(2)16(20)15-7-6-13-14(21-15)8-10-19(13)11-12-5-3-4-9-17-12;2*3-2(4,5)1(6)7/h3-5,9,13-15H,6-8,10-11H2,1-2H3;2*(H,6,7)/t13-,14-,15-;;/m1../s1. The lowest BCUT2D eigenvalue weighted by Gasteiger charge is -2.36. The van der Waals surface area contributed by atoms with Gasteiger partial charge >= 0.3 is 24.3 Å². The first-order valence-electron chi connectivity index (χ1n) is 10.1. The second-order valence-corrected chi connectivity index (χ2v) is 7.73. The number of ether oxygens (including phenoxy) is 1. The number of aromatic nitrogens is 1. The fourth-order valence-electron chi connectivity index (χ4n) is 3.38. The molecule has 3 heterocycles. The molecule has 0 aromatic carbocycles. The molecular weight excluding hydrogens is 492 g/mol. The van der Waals surface area contributed by atoms with Gasteiger partial charge in [0.25, 0.3) is 5.91 Å². The van der Waals surface area contributed by atoms with Crippen LogP contribution in [0.1, 0.15) is 25.0 Å². The minimum Gasteiger partial charge on any atom is -0.475 e. The number of amides is 1. The van der Waals surface area contributed by atoms with Crippen molar-refractivity contribution in [1.82, 2.24) is 14.8 Å². The van der Waals surface area contributed by atoms with Crippen LogP contribution in [-0.2, 0) is 25.7 Å². The molecule has 0 aliphatic carbocycles. The van der Waals surface area contributed by atoms with Crippen molar-refractivity contribution in [1.29, 1.82) is 0 Å². The molecule has 0 unspecified atom stereocenters. The van der Waals surface area contributed by atoms with E-state index in [4.69, 9.17) is 24.5 Å². The predicted molar refractivity (Wildman–Crippen MR) is 107 cm³/mol. The number of pyridine rings is 1. The number of likely N-dealkylation sites (tertiary alicyclic amines) is 1. The fraction of sp³-hybridized carbons (Fsp3) is 0.600. The van der Waals surface area contributed by atoms with Crippen molar-refractivity contribution in [3.8, 4) is 0 Å². The van der Waals surface area contributed by atoms with Gasteiger partial charge < -0.3 is 19.8 Å². The first-order chi connectivity index (χ1) is 16.0. The van der Waals surface area contributed by atoms with E-state index in [9.17, 15) is 31.1 Å². The number of carboxylic acids is 2. The summed E-state index contributed by atoms with van der Waals surface area (Å²) in [7, 11) is 3.58. The average Bonchev–Trinajstić information content (AvgIpc) is 3.15. The van der Waals surface area contributed by atoms with E-state index in [-0.39, 0.29) is 18.1 Å². The van der Waals surface area contributed by atoms with E-state index in [1.54, 1.807) is 19.0 Å². The number of nitrogens with zero attached hydrogens (tertiary/aromatic N) is 3. The molecule has 2 fully saturated rings. The topological polar surface area (TPSA) is 120 Å². The number of hydrogen-bond acceptors (Lipinski definition) is 6. The van der Waals surface area contributed by atoms with Crippen LogP contribution in [0.15, 0.2) is 24.4 Å². The number of halogens is 6. The maximum Gasteiger partial charge on any atom is 0.490 e. The summed E-state index contributed by atoms with van der Waals surface area (Å²) in [4.78, 5) is 38.3. The summed E-state index contributed by atoms with van der Waals surface area (Å²) in [5.74, 6) is -5.42. The third-order valence-corrected chi connectivity index (χ3v) is 4.96. The Kier molecular flexibility index (Phi) is 10.9. The number of fused-ring (bicyclic) bond motifs is 1. The maximum atomic E-state index is 12.0. The second-order valence-electron chi connectivity index (χ2n) is 7.73. The number of carboxylic acid groups (broad SMARTS) is 2. The molecule has 1 aromatic heterocycles. The van der Waals surface area contributed by atoms with Crippen molar-refractivity contribution in [3.63, 3.8) is 0 Å². The van der Waals surface area contributed by atoms with E-state index in [2.05, 4.69) is 16.0 Å². The number of carbonyl (C=O) groups excluding carboxylic acids is 1. The Balaban J connectivity index is 0.000000362. The van der Waals surface area contributed by atoms with Crippen molar-refractivity contribution in [2.45, 2.75) is 56.4 Å². The Morgan fingerprint density at radius 3 is 2.00 bits per heavy atom. The number of likely N-dealkylation sites (N-methyl/N-ethyl adjacent to an activating group) is 1. The summed E-state index contributed by atoms with van der Waals surface area (Å²) < 4.78 is 69.5. The molecule has 198 valence electrons. The van der Waals surface area contributed by atoms with Crippen LogP contribution < -0.4 is 0 Å². The lowest BCUT2D eigenvalue weighted by Crippen LogP contribution is -2.47. The third-order valence-electron chi connectivity index (χ3n) is 4.96. The molecule has 3 atom stereocenters. The summed E-state index contributed by atoms with van der Waals surface area (Å²) in [6.45, 7) is 1.90. The predicted octanol–water partition coefficient (Wildman–Crippen LogP) is 2.56. The summed E-state index contributed by atoms with van der Waals surface area (Å²) in [5, 5.41) is 14.2. The zero-order chi connectivity index (χ0) is 27.0. The van der Waals surface area contributed by atoms with E-state index < -0.39 is 24.3 Å². The summed E-state index contributed by atoms with van der Waals surface area (Å²) in [6, 6.07) is 6.46. The summed E-state index contributed by atoms with van der Waals surface area (Å²) >= 11 is 0. The molecule has 2 N–H and O–H groups in total. The number of alkyl halides is 6. The number of hydrogen-bond donors (Lipinski definition) is 2. The van der Waals surface area contributed by atoms with Crippen LogP contribution in [0, 0.1) is 0 Å². The first-order valence-corrected chi connectivity index (χ1v) is 10.1. The molecule has 0 spiro atoms. The molecule has 2 saturated heterocycles. The van der Waals surface area contributed by atoms with Gasteiger partial charge in [0.1, 0.15) is 6.10 Å². The Morgan fingerprint density at radius 2 is 1.57 bits per heavy atom. The molecule has 2 aliphatic rings. The van der Waals surface area contributed by atoms with Gasteiger partial charge in [-0.05, 0) is 31.4 Å². The molecule has 9 nitrogen and oxygen atoms in total. The highest BCUT2D eigenvalue weighted by Crippen LogP contribution is 2.32. The molecule has 0 bridgehead atoms. The number of carbonyl (C=O) groups is 3. The molecule has 0 radical (unpaired) electrons. The summed E-state index contributed by atoms with van der Waals surface area (Å²) in [5.41, 5.74) is 1.10. The van der Waals surface area contributed by atoms with Crippen molar-refractivity contribution in [3.05, 3.63) is 30.1 Å². The van der Waals surface area contributed by atoms with Gasteiger partial charge in [0, 0.05) is 39.4 Å². The molecule has 1 aromatic rings. The lowest BCUT2D eigenvalue weighted by molar-refractivity contribution is -0.193. The molecule has 0 saturated carbocycles. The third kappa shape index (κ3) is 10.1. The number of aliphatic carboxylic acids is 2. The van der Waals surface area contributed by atoms with Crippen LogP contribution in [0.3, 0.4) is 0 Å². The Labute approximate surface area is 196 Å². The van der Waals surface area contributed by atoms with Crippen LogP contribution >= 0.6 is 0 Å². The quantitative estimate of drug-likeness (QED) is 0.588. The van der Waals surface area contributed by atoms with Gasteiger partial charge in [0.15, 0.2) is 0 Å². The highest BCUT2D eigenvalue weighted by molar-refractivity contribution is 5.80. The van der Waals surface area contributed by atoms with Gasteiger partial charge in [-0.15, -0.1) is 0 Å². The summed E-state index contributed by atoms with van der Waals surface area (Å²) in [6.07, 6.45) is -5.54. The molecule has 35 heavy (non-hydrogen) atoms. The van der Waals surface area contributed by atoms with Gasteiger partial charge in [-0.1, -0.05) is 6.07 Å². The van der Waals surface area contributed by atoms with E-state index >= 15 is 0 Å². The van der Waals surface area contributed by atoms with E-state index in [1.807, 2.05) is 18.3 Å². The fourth-order valence-corrected chi connectivity index (χ4v) is 3.38. The maximum absolute atomic E-state index is 12.0. The average molecular weight is 517 g/mol. The van der Waals surface area contributed by atoms with Crippen molar-refractivity contribution >= 4 is 17.8 Å². The zero-order valence-corrected chi connectivity index (χ0v) is 18.7. The first kappa shape index (κ1) is 30.1. The SMILES string of the molecule is CN(C)C(=O)[C@H]1CC[C@@H]2[C@@H](CCN2Cc2ccccn2)O1.O=C(O)C(F)(F)F.O=C(O)C(F)(F)F. The van der Waals surface area contributed by atoms with Gasteiger partial charge in [-0.25, -0.2) is 9.59 Å². The molecular formula is C20H25F6N3O6. The Morgan fingerprint density at radius 1 is 1.03 bits per heavy atom. The minimum absolute atomic E-state index is 0.0941. The van der Waals surface area contributed by atoms with Gasteiger partial charge in [0.05, 0.1) is 11.8 Å². The zero-order valence-electron chi connectivity index (χ0n) is 18.7. The van der Waals surface area contributed by atoms with Gasteiger partial charge in [0.2, 0.25) is 0 Å². The van der Waals surface area contributed by atoms with Crippen LogP contribution in [0.25, 0.3) is 0 Å². The molecule has 2 aliphatic heterocycles. The smallest absolute Gasteiger partial charge is 0.475 e. The second kappa shape index (κ2) is 12.7. The highest BCUT2D eigenvalue weighted by Gasteiger charge is 2.42. The van der Waals surface area contributed by atoms with Crippen LogP contribution in [0.5, 0.6) is 0 Å². The van der Waals surface area contributed by atoms with Crippen molar-refractivity contribution < 1.29 is 55.7 Å². The minimum atomic E-state index is -5.08. The normalized spacial score (nSPS) is 22.0. The van der Waals surface area contributed by atoms with E-state index in [0.717, 1.165) is 38.0 Å². The van der Waals surface area contributed by atoms with Crippen LogP contribution in [0.2, 0.25) is 0 Å². The van der Waals surface area contributed by atoms with Gasteiger partial charge in [-0.2, -0.15) is 26.3 Å². The highest BCUT2D eigenvalue weighted by atomic mass is 19.4.